The number of nitrogens with zero attached hydrogens (tertiary/aromatic N) is 4. The fraction of sp³-hybridized carbons (Fsp3) is 0.292. The number of rotatable bonds is 7. The number of benzene rings is 1. The van der Waals surface area contributed by atoms with Crippen molar-refractivity contribution in [2.75, 3.05) is 25.6 Å². The number of aliphatic imine (C=N–C) groups is 1. The van der Waals surface area contributed by atoms with Gasteiger partial charge in [-0.25, -0.2) is 28.7 Å². The summed E-state index contributed by atoms with van der Waals surface area (Å²) in [5, 5.41) is 5.64. The maximum Gasteiger partial charge on any atom is 0.236 e. The lowest BCUT2D eigenvalue weighted by Gasteiger charge is -2.40. The number of terminal acetylenes is 1. The Balaban J connectivity index is 1.72. The van der Waals surface area contributed by atoms with Crippen molar-refractivity contribution in [1.29, 1.82) is 0 Å². The van der Waals surface area contributed by atoms with Gasteiger partial charge >= 0.3 is 0 Å². The van der Waals surface area contributed by atoms with E-state index in [9.17, 15) is 9.18 Å². The van der Waals surface area contributed by atoms with E-state index in [-0.39, 0.29) is 35.5 Å². The van der Waals surface area contributed by atoms with Crippen LogP contribution in [0.4, 0.5) is 20.3 Å². The van der Waals surface area contributed by atoms with Gasteiger partial charge in [-0.1, -0.05) is 17.7 Å². The zero-order valence-corrected chi connectivity index (χ0v) is 20.3. The van der Waals surface area contributed by atoms with Gasteiger partial charge in [0, 0.05) is 30.9 Å². The number of aromatic nitrogens is 3. The Morgan fingerprint density at radius 3 is 2.89 bits per heavy atom. The molecule has 0 unspecified atom stereocenters. The molecule has 0 aliphatic carbocycles. The summed E-state index contributed by atoms with van der Waals surface area (Å²) >= 11 is 1.02. The van der Waals surface area contributed by atoms with Crippen molar-refractivity contribution in [2.45, 2.75) is 23.6 Å². The van der Waals surface area contributed by atoms with Gasteiger partial charge in [0.15, 0.2) is 17.6 Å². The second-order valence-electron chi connectivity index (χ2n) is 8.25. The van der Waals surface area contributed by atoms with E-state index < -0.39 is 22.8 Å². The number of ether oxygens (including phenoxy) is 1. The van der Waals surface area contributed by atoms with E-state index in [0.717, 1.165) is 11.8 Å². The second kappa shape index (κ2) is 9.94. The normalized spacial score (nSPS) is 21.4. The quantitative estimate of drug-likeness (QED) is 0.413. The molecule has 4 N–H and O–H groups in total. The molecule has 2 atom stereocenters. The number of anilines is 2. The van der Waals surface area contributed by atoms with Crippen molar-refractivity contribution in [3.8, 4) is 18.2 Å². The molecule has 0 radical (unpaired) electrons. The van der Waals surface area contributed by atoms with Crippen LogP contribution in [0.15, 0.2) is 41.7 Å². The lowest BCUT2D eigenvalue weighted by molar-refractivity contribution is -0.123. The molecule has 3 aromatic rings. The molecule has 0 spiro atoms. The molecule has 3 heterocycles. The van der Waals surface area contributed by atoms with Gasteiger partial charge < -0.3 is 21.1 Å². The van der Waals surface area contributed by atoms with Crippen molar-refractivity contribution in [3.05, 3.63) is 48.0 Å². The fourth-order valence-electron chi connectivity index (χ4n) is 4.10. The number of pyridine rings is 1. The van der Waals surface area contributed by atoms with Gasteiger partial charge in [-0.2, -0.15) is 0 Å². The lowest BCUT2D eigenvalue weighted by Crippen LogP contribution is -2.51. The van der Waals surface area contributed by atoms with Crippen molar-refractivity contribution in [1.82, 2.24) is 20.3 Å². The van der Waals surface area contributed by atoms with E-state index in [1.807, 2.05) is 0 Å². The summed E-state index contributed by atoms with van der Waals surface area (Å²) in [6.07, 6.45) is 8.05. The van der Waals surface area contributed by atoms with Gasteiger partial charge in [-0.15, -0.1) is 6.42 Å². The Morgan fingerprint density at radius 1 is 1.36 bits per heavy atom. The van der Waals surface area contributed by atoms with Crippen molar-refractivity contribution >= 4 is 45.4 Å². The molecule has 0 fully saturated rings. The molecule has 1 aliphatic heterocycles. The molecular formula is C24H23F2N7O2S. The standard InChI is InChI=1S/C24H23F2N7O2S/c1-4-9-35-18-11-30-19-17(32-18)7-8-29-20(19)31-14-5-6-16(26)15(10-14)24(13-25)12-23(2,21(34)28-3)36-22(27)33-24/h1,5-8,10-11H,9,12-13H2,2-3H3,(H2,27,33)(H,28,34)(H,29,31)/t23-,24-/m1/s1. The van der Waals surface area contributed by atoms with Gasteiger partial charge in [0.05, 0.1) is 11.7 Å². The number of alkyl halides is 1. The van der Waals surface area contributed by atoms with Crippen molar-refractivity contribution in [2.24, 2.45) is 10.7 Å². The minimum absolute atomic E-state index is 0.00313. The number of carbonyl (C=O) groups is 1. The summed E-state index contributed by atoms with van der Waals surface area (Å²) < 4.78 is 33.9. The van der Waals surface area contributed by atoms with E-state index in [0.29, 0.717) is 22.5 Å². The third-order valence-corrected chi connectivity index (χ3v) is 6.76. The van der Waals surface area contributed by atoms with Crippen LogP contribution in [-0.2, 0) is 10.3 Å². The lowest BCUT2D eigenvalue weighted by atomic mass is 9.81. The van der Waals surface area contributed by atoms with E-state index in [4.69, 9.17) is 16.9 Å². The molecular weight excluding hydrogens is 488 g/mol. The van der Waals surface area contributed by atoms with Gasteiger partial charge in [0.25, 0.3) is 0 Å². The number of nitrogens with one attached hydrogen (secondary N) is 2. The summed E-state index contributed by atoms with van der Waals surface area (Å²) in [7, 11) is 1.47. The van der Waals surface area contributed by atoms with Crippen LogP contribution in [0.2, 0.25) is 0 Å². The highest BCUT2D eigenvalue weighted by atomic mass is 32.2. The molecule has 12 heteroatoms. The van der Waals surface area contributed by atoms with Gasteiger partial charge in [0.1, 0.15) is 28.3 Å². The molecule has 0 saturated carbocycles. The van der Waals surface area contributed by atoms with Crippen LogP contribution in [-0.4, -0.2) is 51.1 Å². The van der Waals surface area contributed by atoms with Crippen LogP contribution in [0.1, 0.15) is 18.9 Å². The van der Waals surface area contributed by atoms with Gasteiger partial charge in [-0.3, -0.25) is 4.79 Å². The number of carbonyl (C=O) groups excluding carboxylic acids is 1. The number of amides is 1. The molecule has 0 bridgehead atoms. The van der Waals surface area contributed by atoms with Crippen molar-refractivity contribution in [3.63, 3.8) is 0 Å². The number of fused-ring (bicyclic) bond motifs is 1. The first-order valence-electron chi connectivity index (χ1n) is 10.8. The summed E-state index contributed by atoms with van der Waals surface area (Å²) in [4.78, 5) is 29.8. The summed E-state index contributed by atoms with van der Waals surface area (Å²) in [6, 6.07) is 5.76. The van der Waals surface area contributed by atoms with Crippen molar-refractivity contribution < 1.29 is 18.3 Å². The molecule has 4 rings (SSSR count). The third kappa shape index (κ3) is 4.74. The SMILES string of the molecule is C#CCOc1cnc2c(Nc3ccc(F)c([C@]4(CF)C[C@](C)(C(=O)NC)SC(N)=N4)c3)nccc2n1. The minimum atomic E-state index is -1.69. The molecule has 2 aromatic heterocycles. The largest absolute Gasteiger partial charge is 0.463 e. The average molecular weight is 512 g/mol. The fourth-order valence-corrected chi connectivity index (χ4v) is 5.28. The maximum absolute atomic E-state index is 15.1. The number of halogens is 2. The van der Waals surface area contributed by atoms with Crippen LogP contribution in [0.25, 0.3) is 11.0 Å². The number of thioether (sulfide) groups is 1. The highest BCUT2D eigenvalue weighted by Gasteiger charge is 2.50. The van der Waals surface area contributed by atoms with Crippen LogP contribution < -0.4 is 21.1 Å². The molecule has 36 heavy (non-hydrogen) atoms. The first-order chi connectivity index (χ1) is 17.2. The smallest absolute Gasteiger partial charge is 0.236 e. The van der Waals surface area contributed by atoms with E-state index >= 15 is 4.39 Å². The van der Waals surface area contributed by atoms with Crippen LogP contribution in [0, 0.1) is 18.2 Å². The molecule has 1 aromatic carbocycles. The number of hydrogen-bond acceptors (Lipinski definition) is 9. The van der Waals surface area contributed by atoms with E-state index in [2.05, 4.69) is 36.5 Å². The number of nitrogens with two attached hydrogens (primary N) is 1. The molecule has 186 valence electrons. The average Bonchev–Trinajstić information content (AvgIpc) is 2.87. The topological polar surface area (TPSA) is 127 Å². The molecule has 0 saturated heterocycles. The molecule has 1 amide bonds. The van der Waals surface area contributed by atoms with E-state index in [1.165, 1.54) is 37.6 Å². The second-order valence-corrected chi connectivity index (χ2v) is 9.78. The summed E-state index contributed by atoms with van der Waals surface area (Å²) in [5.41, 5.74) is 5.59. The first kappa shape index (κ1) is 25.1. The maximum atomic E-state index is 15.1. The first-order valence-corrected chi connectivity index (χ1v) is 11.6. The number of hydrogen-bond donors (Lipinski definition) is 3. The van der Waals surface area contributed by atoms with Crippen LogP contribution in [0.5, 0.6) is 5.88 Å². The predicted octanol–water partition coefficient (Wildman–Crippen LogP) is 3.04. The highest BCUT2D eigenvalue weighted by molar-refractivity contribution is 8.15. The Bertz CT molecular complexity index is 1400. The monoisotopic (exact) mass is 511 g/mol. The van der Waals surface area contributed by atoms with Gasteiger partial charge in [-0.05, 0) is 31.2 Å². The Morgan fingerprint density at radius 2 is 2.17 bits per heavy atom. The summed E-state index contributed by atoms with van der Waals surface area (Å²) in [5.74, 6) is 1.92. The number of amidine groups is 1. The van der Waals surface area contributed by atoms with Crippen LogP contribution >= 0.6 is 11.8 Å². The molecule has 1 aliphatic rings. The molecule has 9 nitrogen and oxygen atoms in total. The van der Waals surface area contributed by atoms with E-state index in [1.54, 1.807) is 13.0 Å². The zero-order chi connectivity index (χ0) is 25.9. The van der Waals surface area contributed by atoms with Crippen LogP contribution in [0.3, 0.4) is 0 Å². The summed E-state index contributed by atoms with van der Waals surface area (Å²) in [6.45, 7) is 0.623. The Labute approximate surface area is 210 Å². The minimum Gasteiger partial charge on any atom is -0.463 e. The predicted molar refractivity (Wildman–Crippen MR) is 135 cm³/mol. The third-order valence-electron chi connectivity index (χ3n) is 5.68. The van der Waals surface area contributed by atoms with Gasteiger partial charge in [0.2, 0.25) is 11.8 Å². The Hall–Kier alpha value is -3.98. The Kier molecular flexibility index (Phi) is 6.94. The highest BCUT2D eigenvalue weighted by Crippen LogP contribution is 2.47. The zero-order valence-electron chi connectivity index (χ0n) is 19.5.